The maximum absolute atomic E-state index is 12.8. The number of allylic oxidation sites excluding steroid dienone is 1. The van der Waals surface area contributed by atoms with Gasteiger partial charge in [0.2, 0.25) is 0 Å². The van der Waals surface area contributed by atoms with Crippen molar-refractivity contribution in [3.8, 4) is 0 Å². The Kier molecular flexibility index (Phi) is 4.37. The van der Waals surface area contributed by atoms with Crippen molar-refractivity contribution < 1.29 is 14.3 Å². The Bertz CT molecular complexity index is 835. The summed E-state index contributed by atoms with van der Waals surface area (Å²) in [5.41, 5.74) is 2.10. The topological polar surface area (TPSA) is 43.4 Å². The van der Waals surface area contributed by atoms with E-state index in [2.05, 4.69) is 0 Å². The molecule has 2 aromatic carbocycles. The number of carbonyl (C=O) groups excluding carboxylic acids is 2. The Morgan fingerprint density at radius 1 is 1.00 bits per heavy atom. The molecule has 2 atom stereocenters. The van der Waals surface area contributed by atoms with Gasteiger partial charge < -0.3 is 4.74 Å². The summed E-state index contributed by atoms with van der Waals surface area (Å²) in [5.74, 6) is -1.60. The van der Waals surface area contributed by atoms with Gasteiger partial charge in [-0.1, -0.05) is 89.9 Å². The largest absolute Gasteiger partial charge is 0.449 e. The molecule has 0 radical (unpaired) electrons. The molecule has 0 heterocycles. The molecule has 0 aliphatic heterocycles. The van der Waals surface area contributed by atoms with Gasteiger partial charge in [0.05, 0.1) is 5.92 Å². The van der Waals surface area contributed by atoms with Crippen molar-refractivity contribution in [3.05, 3.63) is 83.4 Å². The summed E-state index contributed by atoms with van der Waals surface area (Å²) in [6.45, 7) is 0. The third-order valence-corrected chi connectivity index (χ3v) is 6.00. The average Bonchev–Trinajstić information content (AvgIpc) is 3.10. The van der Waals surface area contributed by atoms with Gasteiger partial charge in [0.15, 0.2) is 16.2 Å². The summed E-state index contributed by atoms with van der Waals surface area (Å²) < 4.78 is 4.44. The van der Waals surface area contributed by atoms with Gasteiger partial charge >= 0.3 is 5.97 Å². The first kappa shape index (κ1) is 17.3. The van der Waals surface area contributed by atoms with E-state index in [9.17, 15) is 9.59 Å². The summed E-state index contributed by atoms with van der Waals surface area (Å²) in [6, 6.07) is 19.0. The number of carbonyl (C=O) groups is 2. The molecule has 0 spiro atoms. The minimum atomic E-state index is -1.39. The highest BCUT2D eigenvalue weighted by atomic mass is 35.5. The molecule has 5 heteroatoms. The summed E-state index contributed by atoms with van der Waals surface area (Å²) in [5, 5.41) is 0. The number of Topliss-reactive ketones (excluding diaryl/α,β-unsaturated/α-hetero) is 1. The number of halogens is 2. The molecule has 0 N–H and O–H groups in total. The summed E-state index contributed by atoms with van der Waals surface area (Å²) in [4.78, 5) is 25.0. The highest BCUT2D eigenvalue weighted by Gasteiger charge is 2.64. The second kappa shape index (κ2) is 6.57. The van der Waals surface area contributed by atoms with Crippen molar-refractivity contribution in [2.24, 2.45) is 11.8 Å². The Morgan fingerprint density at radius 2 is 1.54 bits per heavy atom. The number of benzene rings is 2. The lowest BCUT2D eigenvalue weighted by molar-refractivity contribution is -0.146. The van der Waals surface area contributed by atoms with Crippen LogP contribution in [0.15, 0.2) is 72.3 Å². The summed E-state index contributed by atoms with van der Waals surface area (Å²) in [6.07, 6.45) is 1.70. The van der Waals surface area contributed by atoms with E-state index >= 15 is 0 Å². The Morgan fingerprint density at radius 3 is 2.08 bits per heavy atom. The fraction of sp³-hybridized carbons (Fsp3) is 0.238. The Labute approximate surface area is 161 Å². The monoisotopic (exact) mass is 386 g/mol. The lowest BCUT2D eigenvalue weighted by Gasteiger charge is -2.42. The minimum absolute atomic E-state index is 0.243. The van der Waals surface area contributed by atoms with E-state index in [1.54, 1.807) is 6.08 Å². The first-order valence-electron chi connectivity index (χ1n) is 8.43. The van der Waals surface area contributed by atoms with Crippen molar-refractivity contribution in [1.29, 1.82) is 0 Å². The highest BCUT2D eigenvalue weighted by molar-refractivity contribution is 6.61. The smallest absolute Gasteiger partial charge is 0.335 e. The molecule has 4 rings (SSSR count). The van der Waals surface area contributed by atoms with Crippen LogP contribution in [0.5, 0.6) is 0 Å². The van der Waals surface area contributed by atoms with Gasteiger partial charge in [-0.2, -0.15) is 0 Å². The first-order chi connectivity index (χ1) is 12.5. The van der Waals surface area contributed by atoms with E-state index in [0.717, 1.165) is 11.1 Å². The number of rotatable bonds is 4. The van der Waals surface area contributed by atoms with E-state index in [1.807, 2.05) is 60.7 Å². The molecular formula is C21H16Cl2O3. The lowest BCUT2D eigenvalue weighted by atomic mass is 9.71. The SMILES string of the molecule is O=C(OC(c1ccccc1)c1ccccc1)C1=CCC2C1C(=O)C2(Cl)Cl. The van der Waals surface area contributed by atoms with Gasteiger partial charge in [-0.15, -0.1) is 0 Å². The van der Waals surface area contributed by atoms with Crippen molar-refractivity contribution in [2.45, 2.75) is 16.9 Å². The van der Waals surface area contributed by atoms with Gasteiger partial charge in [-0.25, -0.2) is 4.79 Å². The molecule has 2 aliphatic carbocycles. The zero-order valence-corrected chi connectivity index (χ0v) is 15.3. The first-order valence-corrected chi connectivity index (χ1v) is 9.19. The number of esters is 1. The van der Waals surface area contributed by atoms with Gasteiger partial charge in [0.25, 0.3) is 0 Å². The second-order valence-corrected chi connectivity index (χ2v) is 7.96. The predicted molar refractivity (Wildman–Crippen MR) is 99.9 cm³/mol. The number of hydrogen-bond donors (Lipinski definition) is 0. The fourth-order valence-corrected chi connectivity index (χ4v) is 4.34. The van der Waals surface area contributed by atoms with Crippen LogP contribution in [0, 0.1) is 11.8 Å². The van der Waals surface area contributed by atoms with E-state index in [4.69, 9.17) is 27.9 Å². The van der Waals surface area contributed by atoms with E-state index in [-0.39, 0.29) is 11.7 Å². The summed E-state index contributed by atoms with van der Waals surface area (Å²) >= 11 is 12.1. The zero-order valence-electron chi connectivity index (χ0n) is 13.8. The zero-order chi connectivity index (χ0) is 18.3. The van der Waals surface area contributed by atoms with Crippen LogP contribution in [-0.4, -0.2) is 16.1 Å². The molecule has 2 aromatic rings. The van der Waals surface area contributed by atoms with Crippen molar-refractivity contribution in [1.82, 2.24) is 0 Å². The quantitative estimate of drug-likeness (QED) is 0.567. The molecule has 1 saturated carbocycles. The molecule has 0 amide bonds. The molecule has 1 fully saturated rings. The second-order valence-electron chi connectivity index (χ2n) is 6.57. The minimum Gasteiger partial charge on any atom is -0.449 e. The predicted octanol–water partition coefficient (Wildman–Crippen LogP) is 4.64. The van der Waals surface area contributed by atoms with Crippen molar-refractivity contribution in [2.75, 3.05) is 0 Å². The lowest BCUT2D eigenvalue weighted by Crippen LogP contribution is -2.55. The standard InChI is InChI=1S/C21H16Cl2O3/c22-21(23)16-12-11-15(17(16)19(21)24)20(25)26-18(13-7-3-1-4-8-13)14-9-5-2-6-10-14/h1-11,16-18H,12H2. The summed E-state index contributed by atoms with van der Waals surface area (Å²) in [7, 11) is 0. The van der Waals surface area contributed by atoms with E-state index in [1.165, 1.54) is 0 Å². The molecule has 2 aliphatic rings. The Hall–Kier alpha value is -2.10. The number of hydrogen-bond acceptors (Lipinski definition) is 3. The van der Waals surface area contributed by atoms with Gasteiger partial charge in [0.1, 0.15) is 0 Å². The highest BCUT2D eigenvalue weighted by Crippen LogP contribution is 2.56. The Balaban J connectivity index is 1.59. The van der Waals surface area contributed by atoms with E-state index < -0.39 is 22.3 Å². The van der Waals surface area contributed by atoms with Crippen LogP contribution < -0.4 is 0 Å². The fourth-order valence-electron chi connectivity index (χ4n) is 3.68. The van der Waals surface area contributed by atoms with Gasteiger partial charge in [-0.3, -0.25) is 4.79 Å². The maximum Gasteiger partial charge on any atom is 0.335 e. The molecular weight excluding hydrogens is 371 g/mol. The van der Waals surface area contributed by atoms with Crippen LogP contribution in [0.25, 0.3) is 0 Å². The van der Waals surface area contributed by atoms with Crippen molar-refractivity contribution >= 4 is 35.0 Å². The van der Waals surface area contributed by atoms with Crippen LogP contribution in [0.3, 0.4) is 0 Å². The molecule has 26 heavy (non-hydrogen) atoms. The van der Waals surface area contributed by atoms with Crippen LogP contribution in [0.2, 0.25) is 0 Å². The van der Waals surface area contributed by atoms with Crippen LogP contribution in [-0.2, 0) is 14.3 Å². The van der Waals surface area contributed by atoms with Crippen LogP contribution in [0.1, 0.15) is 23.7 Å². The van der Waals surface area contributed by atoms with Crippen molar-refractivity contribution in [3.63, 3.8) is 0 Å². The molecule has 2 unspecified atom stereocenters. The van der Waals surface area contributed by atoms with Gasteiger partial charge in [-0.05, 0) is 17.5 Å². The van der Waals surface area contributed by atoms with Crippen LogP contribution in [0.4, 0.5) is 0 Å². The van der Waals surface area contributed by atoms with Crippen LogP contribution >= 0.6 is 23.2 Å². The maximum atomic E-state index is 12.8. The number of alkyl halides is 2. The molecule has 132 valence electrons. The number of ether oxygens (including phenoxy) is 1. The third-order valence-electron chi connectivity index (χ3n) is 5.07. The molecule has 0 aromatic heterocycles. The molecule has 0 saturated heterocycles. The molecule has 0 bridgehead atoms. The number of fused-ring (bicyclic) bond motifs is 1. The average molecular weight is 387 g/mol. The van der Waals surface area contributed by atoms with Gasteiger partial charge in [0, 0.05) is 11.5 Å². The van der Waals surface area contributed by atoms with E-state index in [0.29, 0.717) is 12.0 Å². The third kappa shape index (κ3) is 2.76. The normalized spacial score (nSPS) is 23.2. The number of ketones is 1. The molecule has 3 nitrogen and oxygen atoms in total.